The molecule has 2 heterocycles. The highest BCUT2D eigenvalue weighted by Gasteiger charge is 2.31. The van der Waals surface area contributed by atoms with E-state index in [4.69, 9.17) is 19.6 Å². The summed E-state index contributed by atoms with van der Waals surface area (Å²) in [7, 11) is 0. The highest BCUT2D eigenvalue weighted by atomic mass is 16.5. The molecule has 1 aliphatic rings. The van der Waals surface area contributed by atoms with Crippen molar-refractivity contribution in [2.75, 3.05) is 31.2 Å². The van der Waals surface area contributed by atoms with Gasteiger partial charge in [0.25, 0.3) is 6.01 Å². The van der Waals surface area contributed by atoms with Crippen LogP contribution in [0.5, 0.6) is 0 Å². The summed E-state index contributed by atoms with van der Waals surface area (Å²) in [5.74, 6) is 0.0517. The van der Waals surface area contributed by atoms with Gasteiger partial charge in [-0.1, -0.05) is 20.3 Å². The quantitative estimate of drug-likeness (QED) is 0.574. The number of esters is 1. The first-order valence-electron chi connectivity index (χ1n) is 8.83. The molecule has 1 fully saturated rings. The van der Waals surface area contributed by atoms with Gasteiger partial charge in [-0.25, -0.2) is 4.79 Å². The van der Waals surface area contributed by atoms with Gasteiger partial charge >= 0.3 is 5.97 Å². The van der Waals surface area contributed by atoms with Crippen molar-refractivity contribution in [3.63, 3.8) is 0 Å². The summed E-state index contributed by atoms with van der Waals surface area (Å²) in [5, 5.41) is 0. The number of unbranched alkanes of at least 4 members (excludes halogenated alkanes) is 1. The van der Waals surface area contributed by atoms with Crippen molar-refractivity contribution in [2.45, 2.75) is 58.6 Å². The minimum atomic E-state index is -0.427. The molecule has 24 heavy (non-hydrogen) atoms. The average Bonchev–Trinajstić information content (AvgIpc) is 2.96. The van der Waals surface area contributed by atoms with Gasteiger partial charge in [-0.15, -0.1) is 0 Å². The molecular formula is C17H29N3O4. The van der Waals surface area contributed by atoms with Crippen LogP contribution >= 0.6 is 0 Å². The van der Waals surface area contributed by atoms with Gasteiger partial charge in [0.1, 0.15) is 5.76 Å². The number of rotatable bonds is 8. The molecule has 0 aromatic carbocycles. The van der Waals surface area contributed by atoms with E-state index in [-0.39, 0.29) is 17.8 Å². The van der Waals surface area contributed by atoms with Gasteiger partial charge in [0, 0.05) is 19.2 Å². The van der Waals surface area contributed by atoms with E-state index in [1.165, 1.54) is 0 Å². The molecule has 1 aliphatic heterocycles. The number of carbonyl (C=O) groups is 1. The third-order valence-electron chi connectivity index (χ3n) is 4.13. The van der Waals surface area contributed by atoms with Crippen LogP contribution in [0.4, 0.5) is 6.01 Å². The van der Waals surface area contributed by atoms with Crippen LogP contribution in [0.2, 0.25) is 0 Å². The number of hydrogen-bond acceptors (Lipinski definition) is 7. The lowest BCUT2D eigenvalue weighted by atomic mass is 10.0. The van der Waals surface area contributed by atoms with Gasteiger partial charge in [0.05, 0.1) is 19.3 Å². The van der Waals surface area contributed by atoms with Crippen LogP contribution in [0.15, 0.2) is 4.42 Å². The zero-order valence-electron chi connectivity index (χ0n) is 14.9. The molecule has 2 atom stereocenters. The number of oxazole rings is 1. The van der Waals surface area contributed by atoms with Crippen molar-refractivity contribution >= 4 is 12.0 Å². The van der Waals surface area contributed by atoms with Crippen molar-refractivity contribution in [3.05, 3.63) is 11.5 Å². The molecule has 1 aromatic heterocycles. The molecular weight excluding hydrogens is 310 g/mol. The van der Waals surface area contributed by atoms with Crippen LogP contribution in [-0.2, 0) is 9.47 Å². The Morgan fingerprint density at radius 3 is 2.88 bits per heavy atom. The maximum absolute atomic E-state index is 12.1. The van der Waals surface area contributed by atoms with Crippen LogP contribution in [0.25, 0.3) is 0 Å². The SMILES string of the molecule is CCCCOC(=O)c1nc(N2CC[C@@H](N)[C@@H](OCCC)C2)oc1C. The Bertz CT molecular complexity index is 532. The second-order valence-electron chi connectivity index (χ2n) is 6.20. The third kappa shape index (κ3) is 4.70. The van der Waals surface area contributed by atoms with Gasteiger partial charge in [-0.2, -0.15) is 4.98 Å². The highest BCUT2D eigenvalue weighted by molar-refractivity contribution is 5.88. The Morgan fingerprint density at radius 2 is 2.17 bits per heavy atom. The molecule has 136 valence electrons. The Morgan fingerprint density at radius 1 is 1.38 bits per heavy atom. The van der Waals surface area contributed by atoms with E-state index < -0.39 is 5.97 Å². The summed E-state index contributed by atoms with van der Waals surface area (Å²) in [4.78, 5) is 18.4. The molecule has 0 bridgehead atoms. The molecule has 2 rings (SSSR count). The van der Waals surface area contributed by atoms with E-state index in [2.05, 4.69) is 11.9 Å². The topological polar surface area (TPSA) is 90.8 Å². The van der Waals surface area contributed by atoms with Crippen LogP contribution in [-0.4, -0.2) is 49.4 Å². The maximum atomic E-state index is 12.1. The van der Waals surface area contributed by atoms with Gasteiger partial charge < -0.3 is 24.5 Å². The van der Waals surface area contributed by atoms with Gasteiger partial charge in [0.15, 0.2) is 5.69 Å². The zero-order valence-corrected chi connectivity index (χ0v) is 14.9. The molecule has 7 nitrogen and oxygen atoms in total. The summed E-state index contributed by atoms with van der Waals surface area (Å²) in [6.07, 6.45) is 3.52. The molecule has 1 saturated heterocycles. The van der Waals surface area contributed by atoms with E-state index in [1.807, 2.05) is 11.8 Å². The van der Waals surface area contributed by atoms with Gasteiger partial charge in [0.2, 0.25) is 0 Å². The molecule has 2 N–H and O–H groups in total. The van der Waals surface area contributed by atoms with Gasteiger partial charge in [-0.05, 0) is 26.2 Å². The monoisotopic (exact) mass is 339 g/mol. The third-order valence-corrected chi connectivity index (χ3v) is 4.13. The van der Waals surface area contributed by atoms with E-state index in [0.717, 1.165) is 32.2 Å². The second kappa shape index (κ2) is 9.03. The highest BCUT2D eigenvalue weighted by Crippen LogP contribution is 2.23. The Balaban J connectivity index is 2.01. The first-order chi connectivity index (χ1) is 11.6. The van der Waals surface area contributed by atoms with E-state index >= 15 is 0 Å². The predicted molar refractivity (Wildman–Crippen MR) is 91.3 cm³/mol. The van der Waals surface area contributed by atoms with Crippen LogP contribution < -0.4 is 10.6 Å². The second-order valence-corrected chi connectivity index (χ2v) is 6.20. The molecule has 0 unspecified atom stereocenters. The molecule has 7 heteroatoms. The fraction of sp³-hybridized carbons (Fsp3) is 0.765. The number of aryl methyl sites for hydroxylation is 1. The summed E-state index contributed by atoms with van der Waals surface area (Å²) >= 11 is 0. The minimum absolute atomic E-state index is 0.0161. The Kier molecular flexibility index (Phi) is 7.05. The van der Waals surface area contributed by atoms with Crippen LogP contribution in [0.3, 0.4) is 0 Å². The fourth-order valence-corrected chi connectivity index (χ4v) is 2.64. The number of hydrogen-bond donors (Lipinski definition) is 1. The smallest absolute Gasteiger partial charge is 0.360 e. The fourth-order valence-electron chi connectivity index (χ4n) is 2.64. The normalized spacial score (nSPS) is 21.1. The lowest BCUT2D eigenvalue weighted by molar-refractivity contribution is 0.0300. The summed E-state index contributed by atoms with van der Waals surface area (Å²) in [5.41, 5.74) is 6.39. The number of nitrogens with zero attached hydrogens (tertiary/aromatic N) is 2. The largest absolute Gasteiger partial charge is 0.461 e. The van der Waals surface area contributed by atoms with Crippen LogP contribution in [0.1, 0.15) is 55.8 Å². The standard InChI is InChI=1S/C17H29N3O4/c1-4-6-10-23-16(21)15-12(3)24-17(19-15)20-8-7-13(18)14(11-20)22-9-5-2/h13-14H,4-11,18H2,1-3H3/t13-,14+/m1/s1. The summed E-state index contributed by atoms with van der Waals surface area (Å²) in [6.45, 7) is 8.29. The minimum Gasteiger partial charge on any atom is -0.461 e. The van der Waals surface area contributed by atoms with E-state index in [0.29, 0.717) is 31.5 Å². The van der Waals surface area contributed by atoms with Crippen molar-refractivity contribution < 1.29 is 18.7 Å². The molecule has 0 radical (unpaired) electrons. The lowest BCUT2D eigenvalue weighted by Gasteiger charge is -2.35. The number of anilines is 1. The molecule has 0 aliphatic carbocycles. The predicted octanol–water partition coefficient (Wildman–Crippen LogP) is 2.27. The van der Waals surface area contributed by atoms with Crippen molar-refractivity contribution in [2.24, 2.45) is 5.73 Å². The van der Waals surface area contributed by atoms with Crippen molar-refractivity contribution in [1.82, 2.24) is 4.98 Å². The molecule has 0 saturated carbocycles. The summed E-state index contributed by atoms with van der Waals surface area (Å²) in [6, 6.07) is 0.453. The Hall–Kier alpha value is -1.60. The summed E-state index contributed by atoms with van der Waals surface area (Å²) < 4.78 is 16.7. The van der Waals surface area contributed by atoms with E-state index in [9.17, 15) is 4.79 Å². The Labute approximate surface area is 143 Å². The average molecular weight is 339 g/mol. The number of ether oxygens (including phenoxy) is 2. The molecule has 1 aromatic rings. The molecule has 0 amide bonds. The number of carbonyl (C=O) groups excluding carboxylic acids is 1. The van der Waals surface area contributed by atoms with E-state index in [1.54, 1.807) is 6.92 Å². The first-order valence-corrected chi connectivity index (χ1v) is 8.83. The van der Waals surface area contributed by atoms with Crippen molar-refractivity contribution in [3.8, 4) is 0 Å². The number of piperidine rings is 1. The zero-order chi connectivity index (χ0) is 17.5. The van der Waals surface area contributed by atoms with Crippen LogP contribution in [0, 0.1) is 6.92 Å². The first kappa shape index (κ1) is 18.7. The van der Waals surface area contributed by atoms with Crippen molar-refractivity contribution in [1.29, 1.82) is 0 Å². The maximum Gasteiger partial charge on any atom is 0.360 e. The van der Waals surface area contributed by atoms with Gasteiger partial charge in [-0.3, -0.25) is 0 Å². The molecule has 0 spiro atoms. The lowest BCUT2D eigenvalue weighted by Crippen LogP contribution is -2.52. The number of nitrogens with two attached hydrogens (primary N) is 1. The number of aromatic nitrogens is 1.